The second-order valence-corrected chi connectivity index (χ2v) is 6.05. The third-order valence-electron chi connectivity index (χ3n) is 3.22. The lowest BCUT2D eigenvalue weighted by atomic mass is 10.1. The molecule has 1 N–H and O–H groups in total. The van der Waals surface area contributed by atoms with E-state index in [1.807, 2.05) is 0 Å². The predicted molar refractivity (Wildman–Crippen MR) is 79.5 cm³/mol. The topological polar surface area (TPSA) is 39.1 Å². The largest absolute Gasteiger partial charge is 0.374 e. The molecule has 0 aliphatic heterocycles. The molecule has 1 rings (SSSR count). The number of ether oxygens (including phenoxy) is 1. The zero-order valence-electron chi connectivity index (χ0n) is 13.5. The van der Waals surface area contributed by atoms with E-state index in [0.717, 1.165) is 18.8 Å². The van der Waals surface area contributed by atoms with Crippen molar-refractivity contribution in [2.24, 2.45) is 0 Å². The highest BCUT2D eigenvalue weighted by Crippen LogP contribution is 2.21. The standard InChI is InChI=1S/C15H29N3O/c1-8-16-11(2)14-12(3)17-18(13(14)4)9-10-19-15(5,6)7/h11,16H,8-10H2,1-7H3. The molecule has 0 aliphatic carbocycles. The Morgan fingerprint density at radius 2 is 1.95 bits per heavy atom. The summed E-state index contributed by atoms with van der Waals surface area (Å²) in [4.78, 5) is 0. The van der Waals surface area contributed by atoms with Crippen molar-refractivity contribution in [1.82, 2.24) is 15.1 Å². The van der Waals surface area contributed by atoms with Crippen molar-refractivity contribution in [2.45, 2.75) is 66.7 Å². The van der Waals surface area contributed by atoms with Gasteiger partial charge in [0, 0.05) is 17.3 Å². The smallest absolute Gasteiger partial charge is 0.0669 e. The van der Waals surface area contributed by atoms with Crippen LogP contribution in [0.15, 0.2) is 0 Å². The SMILES string of the molecule is CCNC(C)c1c(C)nn(CCOC(C)(C)C)c1C. The van der Waals surface area contributed by atoms with E-state index < -0.39 is 0 Å². The van der Waals surface area contributed by atoms with Gasteiger partial charge in [-0.15, -0.1) is 0 Å². The van der Waals surface area contributed by atoms with Crippen LogP contribution in [0.25, 0.3) is 0 Å². The third-order valence-corrected chi connectivity index (χ3v) is 3.22. The Balaban J connectivity index is 2.73. The monoisotopic (exact) mass is 267 g/mol. The molecule has 0 aliphatic rings. The van der Waals surface area contributed by atoms with Crippen LogP contribution in [-0.2, 0) is 11.3 Å². The van der Waals surface area contributed by atoms with E-state index in [9.17, 15) is 0 Å². The van der Waals surface area contributed by atoms with Crippen molar-refractivity contribution in [1.29, 1.82) is 0 Å². The van der Waals surface area contributed by atoms with E-state index in [0.29, 0.717) is 12.6 Å². The Morgan fingerprint density at radius 3 is 2.47 bits per heavy atom. The molecule has 1 aromatic rings. The molecule has 19 heavy (non-hydrogen) atoms. The molecule has 110 valence electrons. The lowest BCUT2D eigenvalue weighted by Crippen LogP contribution is -2.22. The molecule has 0 amide bonds. The average Bonchev–Trinajstić information content (AvgIpc) is 2.53. The van der Waals surface area contributed by atoms with Crippen molar-refractivity contribution in [2.75, 3.05) is 13.2 Å². The van der Waals surface area contributed by atoms with Crippen LogP contribution < -0.4 is 5.32 Å². The van der Waals surface area contributed by atoms with Gasteiger partial charge in [-0.05, 0) is 48.1 Å². The molecular weight excluding hydrogens is 238 g/mol. The summed E-state index contributed by atoms with van der Waals surface area (Å²) in [7, 11) is 0. The molecule has 1 unspecified atom stereocenters. The van der Waals surface area contributed by atoms with E-state index in [2.05, 4.69) is 63.6 Å². The first-order valence-corrected chi connectivity index (χ1v) is 7.17. The van der Waals surface area contributed by atoms with Crippen molar-refractivity contribution in [3.63, 3.8) is 0 Å². The molecule has 0 radical (unpaired) electrons. The van der Waals surface area contributed by atoms with Crippen LogP contribution in [0, 0.1) is 13.8 Å². The molecule has 1 heterocycles. The lowest BCUT2D eigenvalue weighted by Gasteiger charge is -2.19. The van der Waals surface area contributed by atoms with Gasteiger partial charge in [0.05, 0.1) is 24.4 Å². The molecule has 1 atom stereocenters. The van der Waals surface area contributed by atoms with E-state index in [1.165, 1.54) is 11.3 Å². The Labute approximate surface area is 117 Å². The summed E-state index contributed by atoms with van der Waals surface area (Å²) in [6.45, 7) is 17.2. The van der Waals surface area contributed by atoms with Gasteiger partial charge in [0.2, 0.25) is 0 Å². The van der Waals surface area contributed by atoms with Crippen LogP contribution >= 0.6 is 0 Å². The highest BCUT2D eigenvalue weighted by atomic mass is 16.5. The minimum atomic E-state index is -0.0873. The zero-order valence-corrected chi connectivity index (χ0v) is 13.5. The molecule has 4 nitrogen and oxygen atoms in total. The van der Waals surface area contributed by atoms with Crippen LogP contribution in [-0.4, -0.2) is 28.5 Å². The van der Waals surface area contributed by atoms with Gasteiger partial charge in [0.25, 0.3) is 0 Å². The van der Waals surface area contributed by atoms with Crippen molar-refractivity contribution in [3.05, 3.63) is 17.0 Å². The van der Waals surface area contributed by atoms with Gasteiger partial charge in [-0.3, -0.25) is 4.68 Å². The number of aryl methyl sites for hydroxylation is 1. The summed E-state index contributed by atoms with van der Waals surface area (Å²) < 4.78 is 7.83. The first kappa shape index (κ1) is 16.2. The van der Waals surface area contributed by atoms with Gasteiger partial charge >= 0.3 is 0 Å². The van der Waals surface area contributed by atoms with Crippen LogP contribution in [0.5, 0.6) is 0 Å². The molecule has 0 bridgehead atoms. The molecule has 0 fully saturated rings. The van der Waals surface area contributed by atoms with E-state index in [1.54, 1.807) is 0 Å². The third kappa shape index (κ3) is 4.62. The molecule has 0 saturated carbocycles. The van der Waals surface area contributed by atoms with Gasteiger partial charge in [-0.2, -0.15) is 5.10 Å². The molecule has 0 aromatic carbocycles. The molecular formula is C15H29N3O. The fourth-order valence-corrected chi connectivity index (χ4v) is 2.40. The molecule has 1 aromatic heterocycles. The highest BCUT2D eigenvalue weighted by Gasteiger charge is 2.17. The number of rotatable bonds is 6. The van der Waals surface area contributed by atoms with Crippen molar-refractivity contribution in [3.8, 4) is 0 Å². The Kier molecular flexibility index (Phi) is 5.56. The van der Waals surface area contributed by atoms with Crippen molar-refractivity contribution >= 4 is 0 Å². The maximum absolute atomic E-state index is 5.77. The Morgan fingerprint density at radius 1 is 1.32 bits per heavy atom. The lowest BCUT2D eigenvalue weighted by molar-refractivity contribution is -0.00811. The minimum absolute atomic E-state index is 0.0873. The molecule has 4 heteroatoms. The maximum atomic E-state index is 5.77. The van der Waals surface area contributed by atoms with E-state index >= 15 is 0 Å². The second-order valence-electron chi connectivity index (χ2n) is 6.05. The van der Waals surface area contributed by atoms with Gasteiger partial charge in [0.15, 0.2) is 0 Å². The second kappa shape index (κ2) is 6.53. The highest BCUT2D eigenvalue weighted by molar-refractivity contribution is 5.27. The number of nitrogens with zero attached hydrogens (tertiary/aromatic N) is 2. The van der Waals surface area contributed by atoms with Crippen LogP contribution in [0.3, 0.4) is 0 Å². The summed E-state index contributed by atoms with van der Waals surface area (Å²) in [5, 5.41) is 8.08. The fraction of sp³-hybridized carbons (Fsp3) is 0.800. The first-order valence-electron chi connectivity index (χ1n) is 7.17. The van der Waals surface area contributed by atoms with Crippen LogP contribution in [0.2, 0.25) is 0 Å². The molecule has 0 saturated heterocycles. The van der Waals surface area contributed by atoms with Gasteiger partial charge < -0.3 is 10.1 Å². The number of hydrogen-bond donors (Lipinski definition) is 1. The van der Waals surface area contributed by atoms with Gasteiger partial charge in [0.1, 0.15) is 0 Å². The normalized spacial score (nSPS) is 13.8. The summed E-state index contributed by atoms with van der Waals surface area (Å²) >= 11 is 0. The summed E-state index contributed by atoms with van der Waals surface area (Å²) in [5.41, 5.74) is 3.58. The fourth-order valence-electron chi connectivity index (χ4n) is 2.40. The summed E-state index contributed by atoms with van der Waals surface area (Å²) in [6.07, 6.45) is 0. The van der Waals surface area contributed by atoms with Gasteiger partial charge in [-0.1, -0.05) is 6.92 Å². The minimum Gasteiger partial charge on any atom is -0.374 e. The Bertz CT molecular complexity index is 404. The molecule has 0 spiro atoms. The summed E-state index contributed by atoms with van der Waals surface area (Å²) in [6, 6.07) is 0.349. The van der Waals surface area contributed by atoms with Crippen molar-refractivity contribution < 1.29 is 4.74 Å². The maximum Gasteiger partial charge on any atom is 0.0669 e. The van der Waals surface area contributed by atoms with E-state index in [4.69, 9.17) is 4.74 Å². The number of aromatic nitrogens is 2. The average molecular weight is 267 g/mol. The van der Waals surface area contributed by atoms with Crippen LogP contribution in [0.4, 0.5) is 0 Å². The number of nitrogens with one attached hydrogen (secondary N) is 1. The van der Waals surface area contributed by atoms with E-state index in [-0.39, 0.29) is 5.60 Å². The zero-order chi connectivity index (χ0) is 14.6. The first-order chi connectivity index (χ1) is 8.76. The summed E-state index contributed by atoms with van der Waals surface area (Å²) in [5.74, 6) is 0. The quantitative estimate of drug-likeness (QED) is 0.861. The number of hydrogen-bond acceptors (Lipinski definition) is 3. The van der Waals surface area contributed by atoms with Gasteiger partial charge in [-0.25, -0.2) is 0 Å². The Hall–Kier alpha value is -0.870. The predicted octanol–water partition coefficient (Wildman–Crippen LogP) is 2.99. The van der Waals surface area contributed by atoms with Crippen LogP contribution in [0.1, 0.15) is 57.6 Å².